The molecule has 120 valence electrons. The summed E-state index contributed by atoms with van der Waals surface area (Å²) < 4.78 is 0. The minimum atomic E-state index is 0.225. The first-order valence-electron chi connectivity index (χ1n) is 8.25. The smallest absolute Gasteiger partial charge is 0.226 e. The van der Waals surface area contributed by atoms with Gasteiger partial charge in [-0.05, 0) is 43.9 Å². The summed E-state index contributed by atoms with van der Waals surface area (Å²) in [7, 11) is 0. The SMILES string of the molecule is Cc1ccnc(C2CCN(C(=O)Cc3ccccc3C)CC2)n1. The van der Waals surface area contributed by atoms with E-state index >= 15 is 0 Å². The Hall–Kier alpha value is -2.23. The Morgan fingerprint density at radius 1 is 1.17 bits per heavy atom. The number of carbonyl (C=O) groups excluding carboxylic acids is 1. The molecule has 0 saturated carbocycles. The first kappa shape index (κ1) is 15.7. The topological polar surface area (TPSA) is 46.1 Å². The molecule has 0 radical (unpaired) electrons. The lowest BCUT2D eigenvalue weighted by Gasteiger charge is -2.31. The van der Waals surface area contributed by atoms with Crippen LogP contribution >= 0.6 is 0 Å². The van der Waals surface area contributed by atoms with Gasteiger partial charge in [-0.3, -0.25) is 4.79 Å². The Morgan fingerprint density at radius 3 is 2.61 bits per heavy atom. The van der Waals surface area contributed by atoms with Crippen LogP contribution in [0, 0.1) is 13.8 Å². The number of piperidine rings is 1. The molecule has 0 N–H and O–H groups in total. The number of nitrogens with zero attached hydrogens (tertiary/aromatic N) is 3. The molecule has 23 heavy (non-hydrogen) atoms. The van der Waals surface area contributed by atoms with E-state index in [-0.39, 0.29) is 5.91 Å². The second-order valence-corrected chi connectivity index (χ2v) is 6.31. The largest absolute Gasteiger partial charge is 0.342 e. The summed E-state index contributed by atoms with van der Waals surface area (Å²) >= 11 is 0. The highest BCUT2D eigenvalue weighted by atomic mass is 16.2. The van der Waals surface area contributed by atoms with Gasteiger partial charge in [0, 0.05) is 30.9 Å². The summed E-state index contributed by atoms with van der Waals surface area (Å²) in [5.74, 6) is 1.52. The molecule has 2 heterocycles. The van der Waals surface area contributed by atoms with E-state index < -0.39 is 0 Å². The van der Waals surface area contributed by atoms with Gasteiger partial charge in [-0.15, -0.1) is 0 Å². The number of aryl methyl sites for hydroxylation is 2. The summed E-state index contributed by atoms with van der Waals surface area (Å²) in [4.78, 5) is 23.4. The van der Waals surface area contributed by atoms with Gasteiger partial charge in [-0.25, -0.2) is 9.97 Å². The summed E-state index contributed by atoms with van der Waals surface area (Å²) in [6, 6.07) is 10.0. The van der Waals surface area contributed by atoms with Gasteiger partial charge >= 0.3 is 0 Å². The van der Waals surface area contributed by atoms with Crippen LogP contribution in [-0.4, -0.2) is 33.9 Å². The molecular formula is C19H23N3O. The van der Waals surface area contributed by atoms with Gasteiger partial charge in [0.2, 0.25) is 5.91 Å². The maximum Gasteiger partial charge on any atom is 0.226 e. The van der Waals surface area contributed by atoms with Crippen LogP contribution in [-0.2, 0) is 11.2 Å². The Kier molecular flexibility index (Phi) is 4.70. The second-order valence-electron chi connectivity index (χ2n) is 6.31. The molecule has 1 aliphatic rings. The monoisotopic (exact) mass is 309 g/mol. The molecule has 4 nitrogen and oxygen atoms in total. The van der Waals surface area contributed by atoms with Gasteiger partial charge in [0.25, 0.3) is 0 Å². The van der Waals surface area contributed by atoms with E-state index in [0.717, 1.165) is 43.0 Å². The van der Waals surface area contributed by atoms with Crippen LogP contribution in [0.15, 0.2) is 36.5 Å². The van der Waals surface area contributed by atoms with Crippen molar-refractivity contribution in [2.45, 2.75) is 39.0 Å². The molecule has 1 aromatic heterocycles. The molecule has 1 saturated heterocycles. The minimum absolute atomic E-state index is 0.225. The van der Waals surface area contributed by atoms with E-state index in [1.807, 2.05) is 42.3 Å². The third-order valence-corrected chi connectivity index (χ3v) is 4.63. The standard InChI is InChI=1S/C19H23N3O/c1-14-5-3-4-6-17(14)13-18(23)22-11-8-16(9-12-22)19-20-10-7-15(2)21-19/h3-7,10,16H,8-9,11-13H2,1-2H3. The molecule has 1 aromatic carbocycles. The first-order valence-corrected chi connectivity index (χ1v) is 8.25. The maximum atomic E-state index is 12.5. The van der Waals surface area contributed by atoms with Gasteiger partial charge in [0.1, 0.15) is 5.82 Å². The molecule has 2 aromatic rings. The molecule has 0 aliphatic carbocycles. The Bertz CT molecular complexity index is 691. The van der Waals surface area contributed by atoms with E-state index in [9.17, 15) is 4.79 Å². The van der Waals surface area contributed by atoms with Crippen molar-refractivity contribution in [1.29, 1.82) is 0 Å². The zero-order valence-corrected chi connectivity index (χ0v) is 13.8. The summed E-state index contributed by atoms with van der Waals surface area (Å²) in [6.45, 7) is 5.65. The van der Waals surface area contributed by atoms with Crippen LogP contribution < -0.4 is 0 Å². The third kappa shape index (κ3) is 3.76. The van der Waals surface area contributed by atoms with Crippen LogP contribution in [0.3, 0.4) is 0 Å². The molecule has 3 rings (SSSR count). The zero-order chi connectivity index (χ0) is 16.2. The van der Waals surface area contributed by atoms with Gasteiger partial charge in [0.05, 0.1) is 6.42 Å². The molecule has 0 atom stereocenters. The average molecular weight is 309 g/mol. The molecule has 1 aliphatic heterocycles. The van der Waals surface area contributed by atoms with Crippen molar-refractivity contribution in [3.8, 4) is 0 Å². The molecule has 0 spiro atoms. The maximum absolute atomic E-state index is 12.5. The van der Waals surface area contributed by atoms with E-state index in [1.54, 1.807) is 0 Å². The highest BCUT2D eigenvalue weighted by molar-refractivity contribution is 5.79. The van der Waals surface area contributed by atoms with Crippen LogP contribution in [0.1, 0.15) is 41.4 Å². The molecule has 1 fully saturated rings. The van der Waals surface area contributed by atoms with Gasteiger partial charge in [-0.1, -0.05) is 24.3 Å². The minimum Gasteiger partial charge on any atom is -0.342 e. The van der Waals surface area contributed by atoms with Gasteiger partial charge in [-0.2, -0.15) is 0 Å². The normalized spacial score (nSPS) is 15.7. The van der Waals surface area contributed by atoms with Crippen molar-refractivity contribution in [3.05, 3.63) is 59.2 Å². The van der Waals surface area contributed by atoms with Gasteiger partial charge < -0.3 is 4.90 Å². The number of amides is 1. The summed E-state index contributed by atoms with van der Waals surface area (Å²) in [5.41, 5.74) is 3.32. The number of aromatic nitrogens is 2. The second kappa shape index (κ2) is 6.90. The van der Waals surface area contributed by atoms with E-state index in [4.69, 9.17) is 0 Å². The van der Waals surface area contributed by atoms with Crippen LogP contribution in [0.4, 0.5) is 0 Å². The fourth-order valence-electron chi connectivity index (χ4n) is 3.14. The highest BCUT2D eigenvalue weighted by Gasteiger charge is 2.25. The van der Waals surface area contributed by atoms with Crippen molar-refractivity contribution in [3.63, 3.8) is 0 Å². The summed E-state index contributed by atoms with van der Waals surface area (Å²) in [6.07, 6.45) is 4.22. The van der Waals surface area contributed by atoms with E-state index in [1.165, 1.54) is 5.56 Å². The van der Waals surface area contributed by atoms with E-state index in [2.05, 4.69) is 23.0 Å². The molecule has 0 unspecified atom stereocenters. The number of hydrogen-bond acceptors (Lipinski definition) is 3. The zero-order valence-electron chi connectivity index (χ0n) is 13.8. The van der Waals surface area contributed by atoms with Crippen molar-refractivity contribution < 1.29 is 4.79 Å². The van der Waals surface area contributed by atoms with Crippen molar-refractivity contribution in [1.82, 2.24) is 14.9 Å². The fraction of sp³-hybridized carbons (Fsp3) is 0.421. The summed E-state index contributed by atoms with van der Waals surface area (Å²) in [5, 5.41) is 0. The van der Waals surface area contributed by atoms with Crippen molar-refractivity contribution in [2.24, 2.45) is 0 Å². The first-order chi connectivity index (χ1) is 11.1. The fourth-order valence-corrected chi connectivity index (χ4v) is 3.14. The molecule has 1 amide bonds. The lowest BCUT2D eigenvalue weighted by Crippen LogP contribution is -2.39. The number of benzene rings is 1. The number of likely N-dealkylation sites (tertiary alicyclic amines) is 1. The highest BCUT2D eigenvalue weighted by Crippen LogP contribution is 2.26. The Morgan fingerprint density at radius 2 is 1.91 bits per heavy atom. The van der Waals surface area contributed by atoms with Crippen molar-refractivity contribution >= 4 is 5.91 Å². The molecule has 4 heteroatoms. The Labute approximate surface area is 137 Å². The van der Waals surface area contributed by atoms with Crippen molar-refractivity contribution in [2.75, 3.05) is 13.1 Å². The van der Waals surface area contributed by atoms with Crippen LogP contribution in [0.5, 0.6) is 0 Å². The Balaban J connectivity index is 1.58. The van der Waals surface area contributed by atoms with Crippen LogP contribution in [0.2, 0.25) is 0 Å². The van der Waals surface area contributed by atoms with Crippen LogP contribution in [0.25, 0.3) is 0 Å². The number of carbonyl (C=O) groups is 1. The lowest BCUT2D eigenvalue weighted by atomic mass is 9.95. The average Bonchev–Trinajstić information content (AvgIpc) is 2.57. The molecule has 0 bridgehead atoms. The van der Waals surface area contributed by atoms with Gasteiger partial charge in [0.15, 0.2) is 0 Å². The predicted molar refractivity (Wildman–Crippen MR) is 90.2 cm³/mol. The lowest BCUT2D eigenvalue weighted by molar-refractivity contribution is -0.131. The number of rotatable bonds is 3. The van der Waals surface area contributed by atoms with E-state index in [0.29, 0.717) is 12.3 Å². The third-order valence-electron chi connectivity index (χ3n) is 4.63. The quantitative estimate of drug-likeness (QED) is 0.875. The molecular weight excluding hydrogens is 286 g/mol. The number of hydrogen-bond donors (Lipinski definition) is 0. The predicted octanol–water partition coefficient (Wildman–Crippen LogP) is 3.04.